The molecule has 3 aromatic heterocycles. The minimum atomic E-state index is 0.522. The van der Waals surface area contributed by atoms with Crippen molar-refractivity contribution >= 4 is 11.5 Å². The van der Waals surface area contributed by atoms with E-state index in [1.807, 2.05) is 28.8 Å². The van der Waals surface area contributed by atoms with Crippen LogP contribution in [0.5, 0.6) is 0 Å². The van der Waals surface area contributed by atoms with Crippen LogP contribution in [-0.2, 0) is 6.54 Å². The first-order valence-electron chi connectivity index (χ1n) is 4.82. The molecule has 3 rings (SSSR count). The van der Waals surface area contributed by atoms with Gasteiger partial charge in [0.1, 0.15) is 11.5 Å². The molecule has 7 nitrogen and oxygen atoms in total. The van der Waals surface area contributed by atoms with Crippen molar-refractivity contribution < 1.29 is 0 Å². The lowest BCUT2D eigenvalue weighted by molar-refractivity contribution is 0.881. The standard InChI is InChI=1S/C9H9N7/c1-2-8-10-4-5-16(8)9(3-1)11-6-7-12-14-15-13-7/h1-5,11H,6H2,(H,12,13,14,15). The minimum absolute atomic E-state index is 0.522. The highest BCUT2D eigenvalue weighted by Gasteiger charge is 2.01. The second kappa shape index (κ2) is 3.61. The third-order valence-corrected chi connectivity index (χ3v) is 2.25. The number of pyridine rings is 1. The van der Waals surface area contributed by atoms with E-state index < -0.39 is 0 Å². The Morgan fingerprint density at radius 2 is 2.38 bits per heavy atom. The van der Waals surface area contributed by atoms with Crippen molar-refractivity contribution in [3.63, 3.8) is 0 Å². The molecule has 0 bridgehead atoms. The van der Waals surface area contributed by atoms with Crippen LogP contribution in [0.2, 0.25) is 0 Å². The molecule has 0 aliphatic heterocycles. The average molecular weight is 215 g/mol. The molecule has 0 radical (unpaired) electrons. The Morgan fingerprint density at radius 3 is 3.25 bits per heavy atom. The van der Waals surface area contributed by atoms with Gasteiger partial charge in [0.05, 0.1) is 6.54 Å². The van der Waals surface area contributed by atoms with Gasteiger partial charge >= 0.3 is 0 Å². The van der Waals surface area contributed by atoms with Gasteiger partial charge in [-0.15, -0.1) is 10.2 Å². The van der Waals surface area contributed by atoms with E-state index in [0.29, 0.717) is 12.4 Å². The maximum Gasteiger partial charge on any atom is 0.193 e. The lowest BCUT2D eigenvalue weighted by Gasteiger charge is -2.06. The molecule has 3 aromatic rings. The predicted molar refractivity (Wildman–Crippen MR) is 56.7 cm³/mol. The summed E-state index contributed by atoms with van der Waals surface area (Å²) < 4.78 is 1.96. The molecule has 0 unspecified atom stereocenters. The van der Waals surface area contributed by atoms with E-state index in [-0.39, 0.29) is 0 Å². The molecular formula is C9H9N7. The fraction of sp³-hybridized carbons (Fsp3) is 0.111. The maximum atomic E-state index is 4.20. The quantitative estimate of drug-likeness (QED) is 0.663. The van der Waals surface area contributed by atoms with Gasteiger partial charge in [-0.2, -0.15) is 5.21 Å². The van der Waals surface area contributed by atoms with Gasteiger partial charge in [0, 0.05) is 12.4 Å². The van der Waals surface area contributed by atoms with Gasteiger partial charge in [0.25, 0.3) is 0 Å². The monoisotopic (exact) mass is 215 g/mol. The summed E-state index contributed by atoms with van der Waals surface area (Å²) >= 11 is 0. The Kier molecular flexibility index (Phi) is 1.99. The van der Waals surface area contributed by atoms with E-state index in [9.17, 15) is 0 Å². The van der Waals surface area contributed by atoms with Crippen LogP contribution in [0.1, 0.15) is 5.82 Å². The number of nitrogens with zero attached hydrogens (tertiary/aromatic N) is 5. The first-order valence-corrected chi connectivity index (χ1v) is 4.82. The number of fused-ring (bicyclic) bond motifs is 1. The smallest absolute Gasteiger partial charge is 0.193 e. The largest absolute Gasteiger partial charge is 0.364 e. The number of rotatable bonds is 3. The number of nitrogens with one attached hydrogen (secondary N) is 2. The third kappa shape index (κ3) is 1.48. The van der Waals surface area contributed by atoms with Crippen molar-refractivity contribution in [2.24, 2.45) is 0 Å². The zero-order chi connectivity index (χ0) is 10.8. The topological polar surface area (TPSA) is 83.8 Å². The summed E-state index contributed by atoms with van der Waals surface area (Å²) in [7, 11) is 0. The van der Waals surface area contributed by atoms with Gasteiger partial charge in [-0.1, -0.05) is 11.3 Å². The Morgan fingerprint density at radius 1 is 1.38 bits per heavy atom. The molecule has 0 aromatic carbocycles. The molecule has 0 saturated heterocycles. The molecule has 0 aliphatic carbocycles. The van der Waals surface area contributed by atoms with Gasteiger partial charge in [-0.05, 0) is 12.1 Å². The van der Waals surface area contributed by atoms with Crippen LogP contribution < -0.4 is 5.32 Å². The Hall–Kier alpha value is -2.44. The number of hydrogen-bond acceptors (Lipinski definition) is 5. The molecular weight excluding hydrogens is 206 g/mol. The summed E-state index contributed by atoms with van der Waals surface area (Å²) in [6, 6.07) is 5.86. The van der Waals surface area contributed by atoms with Crippen LogP contribution in [0.15, 0.2) is 30.6 Å². The molecule has 0 aliphatic rings. The van der Waals surface area contributed by atoms with E-state index in [1.165, 1.54) is 0 Å². The van der Waals surface area contributed by atoms with Crippen molar-refractivity contribution in [2.45, 2.75) is 6.54 Å². The van der Waals surface area contributed by atoms with Crippen LogP contribution in [-0.4, -0.2) is 30.0 Å². The van der Waals surface area contributed by atoms with Crippen LogP contribution in [0, 0.1) is 0 Å². The lowest BCUT2D eigenvalue weighted by Crippen LogP contribution is -2.05. The number of imidazole rings is 1. The molecule has 0 atom stereocenters. The number of anilines is 1. The lowest BCUT2D eigenvalue weighted by atomic mass is 10.4. The SMILES string of the molecule is c1cc(NCc2nn[nH]n2)n2ccnc2c1. The number of tetrazole rings is 1. The molecule has 2 N–H and O–H groups in total. The summed E-state index contributed by atoms with van der Waals surface area (Å²) in [6.07, 6.45) is 3.66. The van der Waals surface area contributed by atoms with Crippen LogP contribution in [0.4, 0.5) is 5.82 Å². The second-order valence-electron chi connectivity index (χ2n) is 3.25. The van der Waals surface area contributed by atoms with E-state index >= 15 is 0 Å². The zero-order valence-corrected chi connectivity index (χ0v) is 8.33. The summed E-state index contributed by atoms with van der Waals surface area (Å²) in [4.78, 5) is 4.20. The number of aromatic nitrogens is 6. The van der Waals surface area contributed by atoms with Crippen LogP contribution in [0.3, 0.4) is 0 Å². The predicted octanol–water partition coefficient (Wildman–Crippen LogP) is 0.459. The first kappa shape index (κ1) is 8.84. The first-order chi connectivity index (χ1) is 7.93. The van der Waals surface area contributed by atoms with E-state index in [0.717, 1.165) is 11.5 Å². The number of H-pyrrole nitrogens is 1. The van der Waals surface area contributed by atoms with Crippen molar-refractivity contribution in [2.75, 3.05) is 5.32 Å². The van der Waals surface area contributed by atoms with E-state index in [1.54, 1.807) is 6.20 Å². The van der Waals surface area contributed by atoms with E-state index in [2.05, 4.69) is 30.9 Å². The highest BCUT2D eigenvalue weighted by Crippen LogP contribution is 2.11. The highest BCUT2D eigenvalue weighted by atomic mass is 15.5. The third-order valence-electron chi connectivity index (χ3n) is 2.25. The van der Waals surface area contributed by atoms with Gasteiger partial charge in [0.2, 0.25) is 0 Å². The van der Waals surface area contributed by atoms with Crippen molar-refractivity contribution in [1.29, 1.82) is 0 Å². The molecule has 0 spiro atoms. The van der Waals surface area contributed by atoms with Crippen LogP contribution >= 0.6 is 0 Å². The molecule has 0 saturated carbocycles. The van der Waals surface area contributed by atoms with Crippen LogP contribution in [0.25, 0.3) is 5.65 Å². The molecule has 0 amide bonds. The van der Waals surface area contributed by atoms with Gasteiger partial charge in [0.15, 0.2) is 5.82 Å². The van der Waals surface area contributed by atoms with Gasteiger partial charge in [-0.25, -0.2) is 4.98 Å². The van der Waals surface area contributed by atoms with Crippen molar-refractivity contribution in [1.82, 2.24) is 30.0 Å². The maximum absolute atomic E-state index is 4.20. The minimum Gasteiger partial charge on any atom is -0.364 e. The molecule has 7 heteroatoms. The number of aromatic amines is 1. The number of hydrogen-bond donors (Lipinski definition) is 2. The molecule has 0 fully saturated rings. The Labute approximate surface area is 90.5 Å². The summed E-state index contributed by atoms with van der Waals surface area (Å²) in [5.41, 5.74) is 0.901. The van der Waals surface area contributed by atoms with Crippen molar-refractivity contribution in [3.05, 3.63) is 36.4 Å². The average Bonchev–Trinajstić information content (AvgIpc) is 2.97. The molecule has 16 heavy (non-hydrogen) atoms. The Bertz CT molecular complexity index is 583. The summed E-state index contributed by atoms with van der Waals surface area (Å²) in [5.74, 6) is 1.57. The fourth-order valence-electron chi connectivity index (χ4n) is 1.52. The zero-order valence-electron chi connectivity index (χ0n) is 8.33. The van der Waals surface area contributed by atoms with Gasteiger partial charge < -0.3 is 5.32 Å². The molecule has 80 valence electrons. The summed E-state index contributed by atoms with van der Waals surface area (Å²) in [5, 5.41) is 16.8. The highest BCUT2D eigenvalue weighted by molar-refractivity contribution is 5.49. The van der Waals surface area contributed by atoms with Gasteiger partial charge in [-0.3, -0.25) is 4.40 Å². The molecule has 3 heterocycles. The summed E-state index contributed by atoms with van der Waals surface area (Å²) in [6.45, 7) is 0.522. The fourth-order valence-corrected chi connectivity index (χ4v) is 1.52. The van der Waals surface area contributed by atoms with Crippen molar-refractivity contribution in [3.8, 4) is 0 Å². The van der Waals surface area contributed by atoms with E-state index in [4.69, 9.17) is 0 Å². The second-order valence-corrected chi connectivity index (χ2v) is 3.25. The normalized spacial score (nSPS) is 10.8. The Balaban J connectivity index is 1.86.